The molecule has 0 saturated carbocycles. The van der Waals surface area contributed by atoms with Gasteiger partial charge in [0.05, 0.1) is 32.6 Å². The van der Waals surface area contributed by atoms with Crippen LogP contribution in [-0.4, -0.2) is 49.8 Å². The second-order valence-corrected chi connectivity index (χ2v) is 5.51. The molecule has 0 aliphatic heterocycles. The number of rotatable bonds is 8. The van der Waals surface area contributed by atoms with Gasteiger partial charge >= 0.3 is 17.9 Å². The molecular formula is C20H23NO7. The van der Waals surface area contributed by atoms with Crippen LogP contribution in [0.5, 0.6) is 5.75 Å². The van der Waals surface area contributed by atoms with E-state index >= 15 is 0 Å². The fraction of sp³-hybridized carbons (Fsp3) is 0.350. The maximum absolute atomic E-state index is 12.7. The first-order valence-corrected chi connectivity index (χ1v) is 8.90. The number of H-pyrrole nitrogens is 1. The molecule has 8 heteroatoms. The van der Waals surface area contributed by atoms with Gasteiger partial charge in [0.25, 0.3) is 0 Å². The minimum Gasteiger partial charge on any atom is -0.497 e. The van der Waals surface area contributed by atoms with E-state index in [0.717, 1.165) is 0 Å². The lowest BCUT2D eigenvalue weighted by Crippen LogP contribution is -2.17. The van der Waals surface area contributed by atoms with Gasteiger partial charge in [0.1, 0.15) is 22.6 Å². The predicted octanol–water partition coefficient (Wildman–Crippen LogP) is 3.22. The van der Waals surface area contributed by atoms with E-state index in [1.54, 1.807) is 45.0 Å². The van der Waals surface area contributed by atoms with Crippen LogP contribution in [0.2, 0.25) is 0 Å². The number of ether oxygens (including phenoxy) is 4. The Labute approximate surface area is 162 Å². The number of hydrogen-bond donors (Lipinski definition) is 1. The number of nitrogens with one attached hydrogen (secondary N) is 1. The zero-order valence-corrected chi connectivity index (χ0v) is 16.3. The fourth-order valence-electron chi connectivity index (χ4n) is 2.65. The number of esters is 3. The van der Waals surface area contributed by atoms with Gasteiger partial charge in [-0.25, -0.2) is 14.4 Å². The maximum atomic E-state index is 12.7. The zero-order valence-electron chi connectivity index (χ0n) is 16.3. The molecule has 0 aliphatic rings. The number of methoxy groups -OCH3 is 1. The summed E-state index contributed by atoms with van der Waals surface area (Å²) in [6, 6.07) is 6.77. The standard InChI is InChI=1S/C20H23NO7/c1-5-26-18(22)14-15(19(23)27-6-2)17(20(24)28-7-3)21-16(14)12-8-10-13(25-4)11-9-12/h8-11,21H,5-7H2,1-4H3. The molecule has 0 fully saturated rings. The average molecular weight is 389 g/mol. The molecule has 0 unspecified atom stereocenters. The van der Waals surface area contributed by atoms with Crippen LogP contribution < -0.4 is 4.74 Å². The van der Waals surface area contributed by atoms with Crippen LogP contribution in [0.4, 0.5) is 0 Å². The van der Waals surface area contributed by atoms with Crippen molar-refractivity contribution >= 4 is 17.9 Å². The highest BCUT2D eigenvalue weighted by Gasteiger charge is 2.33. The number of aromatic nitrogens is 1. The molecule has 1 heterocycles. The number of carbonyl (C=O) groups is 3. The van der Waals surface area contributed by atoms with Crippen LogP contribution in [0.15, 0.2) is 24.3 Å². The lowest BCUT2D eigenvalue weighted by atomic mass is 10.0. The Bertz CT molecular complexity index is 852. The highest BCUT2D eigenvalue weighted by atomic mass is 16.5. The second kappa shape index (κ2) is 9.59. The van der Waals surface area contributed by atoms with Crippen molar-refractivity contribution in [2.24, 2.45) is 0 Å². The van der Waals surface area contributed by atoms with Crippen molar-refractivity contribution < 1.29 is 33.3 Å². The van der Waals surface area contributed by atoms with Crippen molar-refractivity contribution in [3.8, 4) is 17.0 Å². The van der Waals surface area contributed by atoms with E-state index in [9.17, 15) is 14.4 Å². The van der Waals surface area contributed by atoms with Gasteiger partial charge in [-0.05, 0) is 50.6 Å². The Hall–Kier alpha value is -3.29. The zero-order chi connectivity index (χ0) is 20.7. The molecule has 0 amide bonds. The number of hydrogen-bond acceptors (Lipinski definition) is 7. The van der Waals surface area contributed by atoms with Gasteiger partial charge < -0.3 is 23.9 Å². The Morgan fingerprint density at radius 1 is 0.786 bits per heavy atom. The summed E-state index contributed by atoms with van der Waals surface area (Å²) in [7, 11) is 1.53. The second-order valence-electron chi connectivity index (χ2n) is 5.51. The summed E-state index contributed by atoms with van der Waals surface area (Å²) >= 11 is 0. The summed E-state index contributed by atoms with van der Waals surface area (Å²) in [5.74, 6) is -1.71. The molecule has 0 spiro atoms. The van der Waals surface area contributed by atoms with Crippen LogP contribution in [0, 0.1) is 0 Å². The van der Waals surface area contributed by atoms with E-state index in [1.165, 1.54) is 7.11 Å². The topological polar surface area (TPSA) is 104 Å². The SMILES string of the molecule is CCOC(=O)c1[nH]c(-c2ccc(OC)cc2)c(C(=O)OCC)c1C(=O)OCC. The fourth-order valence-corrected chi connectivity index (χ4v) is 2.65. The highest BCUT2D eigenvalue weighted by molar-refractivity contribution is 6.13. The molecular weight excluding hydrogens is 366 g/mol. The molecule has 0 radical (unpaired) electrons. The molecule has 2 rings (SSSR count). The third kappa shape index (κ3) is 4.33. The van der Waals surface area contributed by atoms with Gasteiger partial charge in [-0.15, -0.1) is 0 Å². The lowest BCUT2D eigenvalue weighted by Gasteiger charge is -2.08. The molecule has 1 aromatic carbocycles. The third-order valence-corrected chi connectivity index (χ3v) is 3.82. The van der Waals surface area contributed by atoms with Crippen molar-refractivity contribution in [2.75, 3.05) is 26.9 Å². The van der Waals surface area contributed by atoms with Gasteiger partial charge in [-0.3, -0.25) is 0 Å². The lowest BCUT2D eigenvalue weighted by molar-refractivity contribution is 0.0460. The maximum Gasteiger partial charge on any atom is 0.355 e. The van der Waals surface area contributed by atoms with Crippen molar-refractivity contribution in [3.63, 3.8) is 0 Å². The Balaban J connectivity index is 2.73. The van der Waals surface area contributed by atoms with Crippen molar-refractivity contribution in [1.82, 2.24) is 4.98 Å². The first-order chi connectivity index (χ1) is 13.5. The van der Waals surface area contributed by atoms with Gasteiger partial charge in [0, 0.05) is 0 Å². The van der Waals surface area contributed by atoms with E-state index in [2.05, 4.69) is 4.98 Å². The van der Waals surface area contributed by atoms with Crippen LogP contribution in [0.3, 0.4) is 0 Å². The van der Waals surface area contributed by atoms with E-state index in [0.29, 0.717) is 11.3 Å². The summed E-state index contributed by atoms with van der Waals surface area (Å²) < 4.78 is 20.3. The summed E-state index contributed by atoms with van der Waals surface area (Å²) in [6.45, 7) is 5.20. The summed E-state index contributed by atoms with van der Waals surface area (Å²) in [5.41, 5.74) is 0.379. The predicted molar refractivity (Wildman–Crippen MR) is 101 cm³/mol. The summed E-state index contributed by atoms with van der Waals surface area (Å²) in [5, 5.41) is 0. The first-order valence-electron chi connectivity index (χ1n) is 8.90. The van der Waals surface area contributed by atoms with Gasteiger partial charge in [-0.1, -0.05) is 0 Å². The minimum atomic E-state index is -0.815. The monoisotopic (exact) mass is 389 g/mol. The number of benzene rings is 1. The molecule has 2 aromatic rings. The van der Waals surface area contributed by atoms with Crippen LogP contribution in [0.25, 0.3) is 11.3 Å². The Kier molecular flexibility index (Phi) is 7.20. The Morgan fingerprint density at radius 2 is 1.29 bits per heavy atom. The molecule has 1 N–H and O–H groups in total. The molecule has 1 aromatic heterocycles. The van der Waals surface area contributed by atoms with Crippen LogP contribution in [-0.2, 0) is 14.2 Å². The smallest absolute Gasteiger partial charge is 0.355 e. The van der Waals surface area contributed by atoms with E-state index in [4.69, 9.17) is 18.9 Å². The quantitative estimate of drug-likeness (QED) is 0.546. The molecule has 0 bridgehead atoms. The third-order valence-electron chi connectivity index (χ3n) is 3.82. The summed E-state index contributed by atoms with van der Waals surface area (Å²) in [6.07, 6.45) is 0. The van der Waals surface area contributed by atoms with Gasteiger partial charge in [-0.2, -0.15) is 0 Å². The number of carbonyl (C=O) groups excluding carboxylic acids is 3. The van der Waals surface area contributed by atoms with Crippen molar-refractivity contribution in [1.29, 1.82) is 0 Å². The van der Waals surface area contributed by atoms with Gasteiger partial charge in [0.2, 0.25) is 0 Å². The molecule has 28 heavy (non-hydrogen) atoms. The van der Waals surface area contributed by atoms with Crippen LogP contribution >= 0.6 is 0 Å². The van der Waals surface area contributed by atoms with Crippen molar-refractivity contribution in [3.05, 3.63) is 41.1 Å². The van der Waals surface area contributed by atoms with E-state index in [-0.39, 0.29) is 42.3 Å². The normalized spacial score (nSPS) is 10.3. The molecule has 0 saturated heterocycles. The van der Waals surface area contributed by atoms with Crippen LogP contribution in [0.1, 0.15) is 52.0 Å². The van der Waals surface area contributed by atoms with Crippen molar-refractivity contribution in [2.45, 2.75) is 20.8 Å². The molecule has 0 aliphatic carbocycles. The first kappa shape index (κ1) is 21.0. The molecule has 8 nitrogen and oxygen atoms in total. The number of aromatic amines is 1. The molecule has 0 atom stereocenters. The summed E-state index contributed by atoms with van der Waals surface area (Å²) in [4.78, 5) is 40.5. The Morgan fingerprint density at radius 3 is 1.79 bits per heavy atom. The van der Waals surface area contributed by atoms with E-state index in [1.807, 2.05) is 0 Å². The largest absolute Gasteiger partial charge is 0.497 e. The average Bonchev–Trinajstić information content (AvgIpc) is 3.09. The van der Waals surface area contributed by atoms with E-state index < -0.39 is 17.9 Å². The highest BCUT2D eigenvalue weighted by Crippen LogP contribution is 2.31. The molecule has 150 valence electrons. The van der Waals surface area contributed by atoms with Gasteiger partial charge in [0.15, 0.2) is 0 Å². The minimum absolute atomic E-state index is 0.0754.